The zero-order valence-corrected chi connectivity index (χ0v) is 7.42. The fourth-order valence-electron chi connectivity index (χ4n) is 1.74. The number of hydrogen-bond donors (Lipinski definition) is 2. The van der Waals surface area contributed by atoms with E-state index in [4.69, 9.17) is 5.11 Å². The molecule has 1 fully saturated rings. The Labute approximate surface area is 71.0 Å². The Morgan fingerprint density at radius 2 is 1.83 bits per heavy atom. The maximum atomic E-state index is 11.1. The minimum Gasteiger partial charge on any atom is -0.481 e. The van der Waals surface area contributed by atoms with E-state index in [1.54, 1.807) is 13.8 Å². The zero-order chi connectivity index (χ0) is 9.52. The largest absolute Gasteiger partial charge is 0.481 e. The highest BCUT2D eigenvalue weighted by atomic mass is 16.4. The third-order valence-corrected chi connectivity index (χ3v) is 2.62. The van der Waals surface area contributed by atoms with E-state index in [9.17, 15) is 9.59 Å². The molecule has 0 unspecified atom stereocenters. The number of carboxylic acids is 1. The number of rotatable bonds is 2. The number of carbonyl (C=O) groups is 2. The smallest absolute Gasteiger partial charge is 0.307 e. The first-order chi connectivity index (χ1) is 5.42. The fraction of sp³-hybridized carbons (Fsp3) is 0.750. The SMILES string of the molecule is CNC(=O)[C@@H]1[C@H](C(=O)O)C1(C)C. The van der Waals surface area contributed by atoms with Gasteiger partial charge in [-0.1, -0.05) is 13.8 Å². The van der Waals surface area contributed by atoms with Crippen LogP contribution in [0.25, 0.3) is 0 Å². The van der Waals surface area contributed by atoms with E-state index in [2.05, 4.69) is 5.32 Å². The number of hydrogen-bond acceptors (Lipinski definition) is 2. The fourth-order valence-corrected chi connectivity index (χ4v) is 1.74. The molecule has 0 saturated heterocycles. The van der Waals surface area contributed by atoms with Gasteiger partial charge in [-0.05, 0) is 5.41 Å². The van der Waals surface area contributed by atoms with Gasteiger partial charge in [-0.2, -0.15) is 0 Å². The molecule has 0 spiro atoms. The normalized spacial score (nSPS) is 30.9. The molecule has 4 nitrogen and oxygen atoms in total. The molecule has 4 heteroatoms. The first-order valence-electron chi connectivity index (χ1n) is 3.87. The van der Waals surface area contributed by atoms with Crippen LogP contribution in [0.2, 0.25) is 0 Å². The van der Waals surface area contributed by atoms with Crippen molar-refractivity contribution in [1.29, 1.82) is 0 Å². The average molecular weight is 171 g/mol. The summed E-state index contributed by atoms with van der Waals surface area (Å²) in [6.07, 6.45) is 0. The van der Waals surface area contributed by atoms with Crippen LogP contribution in [0.4, 0.5) is 0 Å². The van der Waals surface area contributed by atoms with Crippen LogP contribution in [0.5, 0.6) is 0 Å². The molecular formula is C8H13NO3. The van der Waals surface area contributed by atoms with Gasteiger partial charge in [0.25, 0.3) is 0 Å². The Bertz CT molecular complexity index is 234. The molecule has 0 aliphatic heterocycles. The van der Waals surface area contributed by atoms with E-state index in [-0.39, 0.29) is 17.2 Å². The molecule has 1 aliphatic carbocycles. The van der Waals surface area contributed by atoms with Crippen molar-refractivity contribution in [2.45, 2.75) is 13.8 Å². The Balaban J connectivity index is 2.73. The Kier molecular flexibility index (Phi) is 1.86. The molecule has 2 N–H and O–H groups in total. The summed E-state index contributed by atoms with van der Waals surface area (Å²) in [5, 5.41) is 11.2. The van der Waals surface area contributed by atoms with Gasteiger partial charge in [0.1, 0.15) is 0 Å². The van der Waals surface area contributed by atoms with Gasteiger partial charge in [-0.25, -0.2) is 0 Å². The second kappa shape index (κ2) is 2.47. The van der Waals surface area contributed by atoms with Crippen LogP contribution in [-0.4, -0.2) is 24.0 Å². The van der Waals surface area contributed by atoms with Crippen molar-refractivity contribution in [3.63, 3.8) is 0 Å². The number of amides is 1. The van der Waals surface area contributed by atoms with E-state index >= 15 is 0 Å². The van der Waals surface area contributed by atoms with Crippen LogP contribution in [0, 0.1) is 17.3 Å². The second-order valence-corrected chi connectivity index (χ2v) is 3.73. The van der Waals surface area contributed by atoms with Crippen LogP contribution in [-0.2, 0) is 9.59 Å². The predicted octanol–water partition coefficient (Wildman–Crippen LogP) is 0.0892. The molecule has 0 aromatic heterocycles. The van der Waals surface area contributed by atoms with Crippen molar-refractivity contribution >= 4 is 11.9 Å². The Morgan fingerprint density at radius 3 is 2.08 bits per heavy atom. The minimum absolute atomic E-state index is 0.174. The van der Waals surface area contributed by atoms with Crippen LogP contribution in [0.3, 0.4) is 0 Å². The first-order valence-corrected chi connectivity index (χ1v) is 3.87. The van der Waals surface area contributed by atoms with Gasteiger partial charge in [-0.15, -0.1) is 0 Å². The van der Waals surface area contributed by atoms with Crippen molar-refractivity contribution < 1.29 is 14.7 Å². The van der Waals surface area contributed by atoms with Crippen LogP contribution >= 0.6 is 0 Å². The van der Waals surface area contributed by atoms with Crippen LogP contribution in [0.1, 0.15) is 13.8 Å². The lowest BCUT2D eigenvalue weighted by atomic mass is 10.1. The number of carbonyl (C=O) groups excluding carboxylic acids is 1. The summed E-state index contributed by atoms with van der Waals surface area (Å²) >= 11 is 0. The molecule has 68 valence electrons. The van der Waals surface area contributed by atoms with E-state index < -0.39 is 11.9 Å². The van der Waals surface area contributed by atoms with Gasteiger partial charge < -0.3 is 10.4 Å². The highest BCUT2D eigenvalue weighted by Gasteiger charge is 2.65. The lowest BCUT2D eigenvalue weighted by molar-refractivity contribution is -0.140. The summed E-state index contributed by atoms with van der Waals surface area (Å²) in [5.41, 5.74) is -0.383. The van der Waals surface area contributed by atoms with Crippen LogP contribution < -0.4 is 5.32 Å². The summed E-state index contributed by atoms with van der Waals surface area (Å²) < 4.78 is 0. The van der Waals surface area contributed by atoms with Crippen molar-refractivity contribution in [3.05, 3.63) is 0 Å². The van der Waals surface area contributed by atoms with Gasteiger partial charge in [0.05, 0.1) is 11.8 Å². The van der Waals surface area contributed by atoms with Gasteiger partial charge in [0.2, 0.25) is 5.91 Å². The molecule has 1 saturated carbocycles. The van der Waals surface area contributed by atoms with Crippen molar-refractivity contribution in [3.8, 4) is 0 Å². The lowest BCUT2D eigenvalue weighted by Crippen LogP contribution is -2.22. The molecule has 0 bridgehead atoms. The summed E-state index contributed by atoms with van der Waals surface area (Å²) in [5.74, 6) is -1.93. The minimum atomic E-state index is -0.881. The maximum Gasteiger partial charge on any atom is 0.307 e. The molecule has 12 heavy (non-hydrogen) atoms. The standard InChI is InChI=1S/C8H13NO3/c1-8(2)4(6(10)9-3)5(8)7(11)12/h4-5H,1-3H3,(H,9,10)(H,11,12)/t4-,5+/m0/s1. The monoisotopic (exact) mass is 171 g/mol. The highest BCUT2D eigenvalue weighted by molar-refractivity contribution is 5.91. The maximum absolute atomic E-state index is 11.1. The third-order valence-electron chi connectivity index (χ3n) is 2.62. The summed E-state index contributed by atoms with van der Waals surface area (Å²) in [7, 11) is 1.52. The predicted molar refractivity (Wildman–Crippen MR) is 42.5 cm³/mol. The number of nitrogens with one attached hydrogen (secondary N) is 1. The summed E-state index contributed by atoms with van der Waals surface area (Å²) in [4.78, 5) is 21.8. The molecule has 1 aliphatic rings. The first kappa shape index (κ1) is 9.03. The molecule has 1 amide bonds. The summed E-state index contributed by atoms with van der Waals surface area (Å²) in [6, 6.07) is 0. The van der Waals surface area contributed by atoms with Crippen molar-refractivity contribution in [1.82, 2.24) is 5.32 Å². The average Bonchev–Trinajstić information content (AvgIpc) is 2.52. The third kappa shape index (κ3) is 1.07. The summed E-state index contributed by atoms with van der Waals surface area (Å²) in [6.45, 7) is 3.59. The number of aliphatic carboxylic acids is 1. The molecule has 2 atom stereocenters. The second-order valence-electron chi connectivity index (χ2n) is 3.73. The zero-order valence-electron chi connectivity index (χ0n) is 7.42. The van der Waals surface area contributed by atoms with E-state index in [1.165, 1.54) is 7.05 Å². The molecule has 0 heterocycles. The molecular weight excluding hydrogens is 158 g/mol. The Morgan fingerprint density at radius 1 is 1.33 bits per heavy atom. The lowest BCUT2D eigenvalue weighted by Gasteiger charge is -1.99. The highest BCUT2D eigenvalue weighted by Crippen LogP contribution is 2.58. The quantitative estimate of drug-likeness (QED) is 0.618. The van der Waals surface area contributed by atoms with Crippen LogP contribution in [0.15, 0.2) is 0 Å². The topological polar surface area (TPSA) is 66.4 Å². The van der Waals surface area contributed by atoms with Gasteiger partial charge in [-0.3, -0.25) is 9.59 Å². The molecule has 0 aromatic rings. The number of carboxylic acid groups (broad SMARTS) is 1. The van der Waals surface area contributed by atoms with Crippen molar-refractivity contribution in [2.24, 2.45) is 17.3 Å². The molecule has 0 radical (unpaired) electrons. The van der Waals surface area contributed by atoms with Gasteiger partial charge in [0, 0.05) is 7.05 Å². The van der Waals surface area contributed by atoms with E-state index in [0.29, 0.717) is 0 Å². The van der Waals surface area contributed by atoms with E-state index in [1.807, 2.05) is 0 Å². The molecule has 1 rings (SSSR count). The molecule has 0 aromatic carbocycles. The van der Waals surface area contributed by atoms with E-state index in [0.717, 1.165) is 0 Å². The van der Waals surface area contributed by atoms with Crippen molar-refractivity contribution in [2.75, 3.05) is 7.05 Å². The van der Waals surface area contributed by atoms with Gasteiger partial charge in [0.15, 0.2) is 0 Å². The Hall–Kier alpha value is -1.06. The van der Waals surface area contributed by atoms with Gasteiger partial charge >= 0.3 is 5.97 Å².